The van der Waals surface area contributed by atoms with Crippen LogP contribution in [0.25, 0.3) is 0 Å². The molecule has 0 heterocycles. The van der Waals surface area contributed by atoms with Gasteiger partial charge in [-0.15, -0.1) is 0 Å². The molecule has 2 aliphatic rings. The maximum absolute atomic E-state index is 5.54. The second kappa shape index (κ2) is 3.35. The average Bonchev–Trinajstić information content (AvgIpc) is 3.02. The number of nitrogens with one attached hydrogen (secondary N) is 1. The summed E-state index contributed by atoms with van der Waals surface area (Å²) in [6, 6.07) is 9.04. The molecule has 2 aliphatic carbocycles. The van der Waals surface area contributed by atoms with Crippen LogP contribution in [-0.2, 0) is 6.42 Å². The van der Waals surface area contributed by atoms with Gasteiger partial charge in [-0.25, -0.2) is 5.84 Å². The SMILES string of the molecule is NNC(=NC1CC1)C1Cc2ccccc21. The Morgan fingerprint density at radius 3 is 2.80 bits per heavy atom. The summed E-state index contributed by atoms with van der Waals surface area (Å²) >= 11 is 0. The molecule has 15 heavy (non-hydrogen) atoms. The van der Waals surface area contributed by atoms with Gasteiger partial charge >= 0.3 is 0 Å². The van der Waals surface area contributed by atoms with E-state index >= 15 is 0 Å². The first-order chi connectivity index (χ1) is 7.38. The van der Waals surface area contributed by atoms with Crippen LogP contribution in [0.1, 0.15) is 29.9 Å². The van der Waals surface area contributed by atoms with Crippen LogP contribution in [0.5, 0.6) is 0 Å². The van der Waals surface area contributed by atoms with Crippen LogP contribution in [-0.4, -0.2) is 11.9 Å². The van der Waals surface area contributed by atoms with Crippen molar-refractivity contribution in [3.05, 3.63) is 35.4 Å². The van der Waals surface area contributed by atoms with E-state index in [4.69, 9.17) is 5.84 Å². The van der Waals surface area contributed by atoms with Crippen LogP contribution in [0, 0.1) is 0 Å². The minimum Gasteiger partial charge on any atom is -0.312 e. The summed E-state index contributed by atoms with van der Waals surface area (Å²) in [4.78, 5) is 4.61. The van der Waals surface area contributed by atoms with E-state index in [0.29, 0.717) is 12.0 Å². The van der Waals surface area contributed by atoms with Crippen molar-refractivity contribution in [2.75, 3.05) is 0 Å². The molecule has 0 spiro atoms. The van der Waals surface area contributed by atoms with Crippen LogP contribution in [0.4, 0.5) is 0 Å². The topological polar surface area (TPSA) is 50.4 Å². The average molecular weight is 201 g/mol. The predicted molar refractivity (Wildman–Crippen MR) is 60.7 cm³/mol. The quantitative estimate of drug-likeness (QED) is 0.328. The van der Waals surface area contributed by atoms with Gasteiger partial charge in [-0.05, 0) is 30.4 Å². The number of nitrogens with zero attached hydrogens (tertiary/aromatic N) is 1. The van der Waals surface area contributed by atoms with Crippen LogP contribution >= 0.6 is 0 Å². The van der Waals surface area contributed by atoms with Gasteiger partial charge in [0.1, 0.15) is 5.84 Å². The molecule has 78 valence electrons. The molecule has 3 heteroatoms. The standard InChI is InChI=1S/C12H15N3/c13-15-12(14-9-5-6-9)11-7-8-3-1-2-4-10(8)11/h1-4,9,11H,5-7,13H2,(H,14,15). The molecule has 0 bridgehead atoms. The summed E-state index contributed by atoms with van der Waals surface area (Å²) in [5, 5.41) is 0. The van der Waals surface area contributed by atoms with Gasteiger partial charge in [0, 0.05) is 5.92 Å². The summed E-state index contributed by atoms with van der Waals surface area (Å²) in [5.74, 6) is 6.91. The fraction of sp³-hybridized carbons (Fsp3) is 0.417. The highest BCUT2D eigenvalue weighted by molar-refractivity contribution is 5.91. The van der Waals surface area contributed by atoms with Gasteiger partial charge in [0.15, 0.2) is 0 Å². The maximum atomic E-state index is 5.54. The maximum Gasteiger partial charge on any atom is 0.119 e. The number of benzene rings is 1. The molecule has 1 saturated carbocycles. The smallest absolute Gasteiger partial charge is 0.119 e. The van der Waals surface area contributed by atoms with E-state index < -0.39 is 0 Å². The molecule has 3 rings (SSSR count). The summed E-state index contributed by atoms with van der Waals surface area (Å²) in [7, 11) is 0. The van der Waals surface area contributed by atoms with Gasteiger partial charge in [0.05, 0.1) is 6.04 Å². The van der Waals surface area contributed by atoms with Gasteiger partial charge < -0.3 is 5.43 Å². The molecule has 3 nitrogen and oxygen atoms in total. The number of amidine groups is 1. The van der Waals surface area contributed by atoms with Gasteiger partial charge in [-0.1, -0.05) is 24.3 Å². The fourth-order valence-electron chi connectivity index (χ4n) is 2.13. The van der Waals surface area contributed by atoms with Crippen LogP contribution in [0.2, 0.25) is 0 Å². The summed E-state index contributed by atoms with van der Waals surface area (Å²) in [6.07, 6.45) is 3.52. The number of hydrazine groups is 1. The lowest BCUT2D eigenvalue weighted by molar-refractivity contribution is 0.727. The van der Waals surface area contributed by atoms with Crippen molar-refractivity contribution in [2.24, 2.45) is 10.8 Å². The van der Waals surface area contributed by atoms with E-state index in [-0.39, 0.29) is 0 Å². The Morgan fingerprint density at radius 2 is 2.13 bits per heavy atom. The second-order valence-corrected chi connectivity index (χ2v) is 4.35. The molecule has 1 fully saturated rings. The molecular weight excluding hydrogens is 186 g/mol. The van der Waals surface area contributed by atoms with Gasteiger partial charge in [0.25, 0.3) is 0 Å². The highest BCUT2D eigenvalue weighted by atomic mass is 15.3. The molecule has 0 saturated heterocycles. The van der Waals surface area contributed by atoms with E-state index in [1.54, 1.807) is 0 Å². The number of fused-ring (bicyclic) bond motifs is 1. The Labute approximate surface area is 89.4 Å². The lowest BCUT2D eigenvalue weighted by Gasteiger charge is -2.30. The fourth-order valence-corrected chi connectivity index (χ4v) is 2.13. The highest BCUT2D eigenvalue weighted by Gasteiger charge is 2.31. The minimum absolute atomic E-state index is 0.409. The molecule has 1 unspecified atom stereocenters. The molecule has 1 atom stereocenters. The van der Waals surface area contributed by atoms with Gasteiger partial charge in [0.2, 0.25) is 0 Å². The molecular formula is C12H15N3. The van der Waals surface area contributed by atoms with Crippen LogP contribution < -0.4 is 11.3 Å². The summed E-state index contributed by atoms with van der Waals surface area (Å²) in [6.45, 7) is 0. The Balaban J connectivity index is 1.84. The molecule has 0 radical (unpaired) electrons. The number of rotatable bonds is 2. The first-order valence-corrected chi connectivity index (χ1v) is 5.50. The minimum atomic E-state index is 0.409. The normalized spacial score (nSPS) is 24.3. The molecule has 1 aromatic rings. The number of nitrogens with two attached hydrogens (primary N) is 1. The first kappa shape index (κ1) is 8.92. The van der Waals surface area contributed by atoms with E-state index in [1.807, 2.05) is 0 Å². The van der Waals surface area contributed by atoms with Crippen LogP contribution in [0.15, 0.2) is 29.3 Å². The van der Waals surface area contributed by atoms with Crippen molar-refractivity contribution in [1.29, 1.82) is 0 Å². The zero-order valence-electron chi connectivity index (χ0n) is 8.61. The third kappa shape index (κ3) is 1.53. The Bertz CT molecular complexity index is 407. The summed E-state index contributed by atoms with van der Waals surface area (Å²) < 4.78 is 0. The zero-order chi connectivity index (χ0) is 10.3. The Hall–Kier alpha value is -1.35. The van der Waals surface area contributed by atoms with Crippen LogP contribution in [0.3, 0.4) is 0 Å². The molecule has 0 aromatic heterocycles. The van der Waals surface area contributed by atoms with Crippen molar-refractivity contribution in [1.82, 2.24) is 5.43 Å². The highest BCUT2D eigenvalue weighted by Crippen LogP contribution is 2.36. The second-order valence-electron chi connectivity index (χ2n) is 4.35. The van der Waals surface area contributed by atoms with E-state index in [9.17, 15) is 0 Å². The van der Waals surface area contributed by atoms with E-state index in [1.165, 1.54) is 24.0 Å². The summed E-state index contributed by atoms with van der Waals surface area (Å²) in [5.41, 5.74) is 5.58. The van der Waals surface area contributed by atoms with Gasteiger partial charge in [-0.2, -0.15) is 0 Å². The van der Waals surface area contributed by atoms with Gasteiger partial charge in [-0.3, -0.25) is 4.99 Å². The first-order valence-electron chi connectivity index (χ1n) is 5.50. The van der Waals surface area contributed by atoms with E-state index in [0.717, 1.165) is 12.3 Å². The van der Waals surface area contributed by atoms with E-state index in [2.05, 4.69) is 34.7 Å². The van der Waals surface area contributed by atoms with Crippen molar-refractivity contribution in [3.63, 3.8) is 0 Å². The Morgan fingerprint density at radius 1 is 1.33 bits per heavy atom. The van der Waals surface area contributed by atoms with Crippen molar-refractivity contribution < 1.29 is 0 Å². The number of hydrogen-bond donors (Lipinski definition) is 2. The lowest BCUT2D eigenvalue weighted by Crippen LogP contribution is -2.39. The van der Waals surface area contributed by atoms with Crippen molar-refractivity contribution in [2.45, 2.75) is 31.2 Å². The lowest BCUT2D eigenvalue weighted by atomic mass is 9.77. The molecule has 0 aliphatic heterocycles. The molecule has 0 amide bonds. The molecule has 1 aromatic carbocycles. The van der Waals surface area contributed by atoms with Crippen molar-refractivity contribution >= 4 is 5.84 Å². The zero-order valence-corrected chi connectivity index (χ0v) is 8.61. The van der Waals surface area contributed by atoms with Crippen molar-refractivity contribution in [3.8, 4) is 0 Å². The number of hydrogen-bond acceptors (Lipinski definition) is 2. The number of aliphatic imine (C=N–C) groups is 1. The Kier molecular flexibility index (Phi) is 1.99. The molecule has 3 N–H and O–H groups in total. The predicted octanol–water partition coefficient (Wildman–Crippen LogP) is 1.35. The third-order valence-electron chi connectivity index (χ3n) is 3.20. The third-order valence-corrected chi connectivity index (χ3v) is 3.20. The monoisotopic (exact) mass is 201 g/mol. The largest absolute Gasteiger partial charge is 0.312 e.